The second-order valence-corrected chi connectivity index (χ2v) is 6.63. The van der Waals surface area contributed by atoms with E-state index in [1.165, 1.54) is 17.5 Å². The number of thiazole rings is 1. The third-order valence-corrected chi connectivity index (χ3v) is 4.86. The van der Waals surface area contributed by atoms with Crippen LogP contribution < -0.4 is 10.1 Å². The number of benzene rings is 2. The molecule has 0 saturated carbocycles. The summed E-state index contributed by atoms with van der Waals surface area (Å²) < 4.78 is 5.14. The molecule has 1 amide bonds. The SMILES string of the molecule is COc1ccc(-c2ncc(C(=O)NC(C#N)Cc3ccccc3)s2)cc1. The molecule has 1 heterocycles. The summed E-state index contributed by atoms with van der Waals surface area (Å²) in [6.07, 6.45) is 2.00. The van der Waals surface area contributed by atoms with Crippen LogP contribution in [0.4, 0.5) is 0 Å². The van der Waals surface area contributed by atoms with Gasteiger partial charge in [-0.15, -0.1) is 11.3 Å². The van der Waals surface area contributed by atoms with E-state index >= 15 is 0 Å². The van der Waals surface area contributed by atoms with Crippen LogP contribution in [0.25, 0.3) is 10.6 Å². The molecule has 3 aromatic rings. The Morgan fingerprint density at radius 2 is 1.96 bits per heavy atom. The fourth-order valence-corrected chi connectivity index (χ4v) is 3.28. The van der Waals surface area contributed by atoms with Crippen LogP contribution in [0, 0.1) is 11.3 Å². The number of nitrogens with one attached hydrogen (secondary N) is 1. The number of carbonyl (C=O) groups is 1. The van der Waals surface area contributed by atoms with Gasteiger partial charge in [-0.25, -0.2) is 4.98 Å². The van der Waals surface area contributed by atoms with Gasteiger partial charge in [-0.1, -0.05) is 30.3 Å². The number of carbonyl (C=O) groups excluding carboxylic acids is 1. The van der Waals surface area contributed by atoms with Crippen molar-refractivity contribution in [2.45, 2.75) is 12.5 Å². The molecule has 26 heavy (non-hydrogen) atoms. The van der Waals surface area contributed by atoms with Gasteiger partial charge in [-0.2, -0.15) is 5.26 Å². The molecule has 0 saturated heterocycles. The molecule has 6 heteroatoms. The summed E-state index contributed by atoms with van der Waals surface area (Å²) in [6, 6.07) is 18.7. The molecule has 1 unspecified atom stereocenters. The molecule has 0 spiro atoms. The maximum atomic E-state index is 12.4. The zero-order valence-corrected chi connectivity index (χ0v) is 15.0. The zero-order valence-electron chi connectivity index (χ0n) is 14.2. The lowest BCUT2D eigenvalue weighted by Crippen LogP contribution is -2.34. The molecule has 1 atom stereocenters. The molecule has 2 aromatic carbocycles. The van der Waals surface area contributed by atoms with Crippen LogP contribution in [0.5, 0.6) is 5.75 Å². The zero-order chi connectivity index (χ0) is 18.4. The van der Waals surface area contributed by atoms with Crippen LogP contribution in [-0.2, 0) is 6.42 Å². The predicted molar refractivity (Wildman–Crippen MR) is 101 cm³/mol. The van der Waals surface area contributed by atoms with Crippen molar-refractivity contribution >= 4 is 17.2 Å². The average molecular weight is 363 g/mol. The van der Waals surface area contributed by atoms with Gasteiger partial charge in [0.25, 0.3) is 5.91 Å². The fraction of sp³-hybridized carbons (Fsp3) is 0.150. The van der Waals surface area contributed by atoms with Crippen molar-refractivity contribution in [1.82, 2.24) is 10.3 Å². The molecule has 0 fully saturated rings. The van der Waals surface area contributed by atoms with Crippen LogP contribution in [0.2, 0.25) is 0 Å². The van der Waals surface area contributed by atoms with Gasteiger partial charge in [0.1, 0.15) is 21.7 Å². The standard InChI is InChI=1S/C20H17N3O2S/c1-25-17-9-7-15(8-10-17)20-22-13-18(26-20)19(24)23-16(12-21)11-14-5-3-2-4-6-14/h2-10,13,16H,11H2,1H3,(H,23,24). The van der Waals surface area contributed by atoms with E-state index < -0.39 is 6.04 Å². The van der Waals surface area contributed by atoms with Crippen molar-refractivity contribution < 1.29 is 9.53 Å². The van der Waals surface area contributed by atoms with Crippen molar-refractivity contribution in [3.63, 3.8) is 0 Å². The highest BCUT2D eigenvalue weighted by atomic mass is 32.1. The molecule has 0 bridgehead atoms. The first-order chi connectivity index (χ1) is 12.7. The lowest BCUT2D eigenvalue weighted by Gasteiger charge is -2.10. The fourth-order valence-electron chi connectivity index (χ4n) is 2.45. The van der Waals surface area contributed by atoms with E-state index in [0.717, 1.165) is 21.9 Å². The third-order valence-electron chi connectivity index (χ3n) is 3.81. The molecule has 5 nitrogen and oxygen atoms in total. The van der Waals surface area contributed by atoms with Gasteiger partial charge in [-0.3, -0.25) is 4.79 Å². The lowest BCUT2D eigenvalue weighted by atomic mass is 10.1. The Balaban J connectivity index is 1.68. The predicted octanol–water partition coefficient (Wildman–Crippen LogP) is 3.68. The summed E-state index contributed by atoms with van der Waals surface area (Å²) in [5.41, 5.74) is 1.92. The maximum absolute atomic E-state index is 12.4. The summed E-state index contributed by atoms with van der Waals surface area (Å²) in [4.78, 5) is 17.2. The lowest BCUT2D eigenvalue weighted by molar-refractivity contribution is 0.0949. The third kappa shape index (κ3) is 4.26. The average Bonchev–Trinajstić information content (AvgIpc) is 3.18. The van der Waals surface area contributed by atoms with Crippen molar-refractivity contribution in [3.05, 3.63) is 71.2 Å². The van der Waals surface area contributed by atoms with E-state index in [0.29, 0.717) is 11.3 Å². The highest BCUT2D eigenvalue weighted by Crippen LogP contribution is 2.26. The first kappa shape index (κ1) is 17.6. The molecule has 130 valence electrons. The normalized spacial score (nSPS) is 11.4. The smallest absolute Gasteiger partial charge is 0.264 e. The van der Waals surface area contributed by atoms with Crippen molar-refractivity contribution in [2.24, 2.45) is 0 Å². The topological polar surface area (TPSA) is 75.0 Å². The minimum Gasteiger partial charge on any atom is -0.497 e. The number of ether oxygens (including phenoxy) is 1. The molecule has 1 N–H and O–H groups in total. The minimum atomic E-state index is -0.587. The summed E-state index contributed by atoms with van der Waals surface area (Å²) in [6.45, 7) is 0. The van der Waals surface area contributed by atoms with Gasteiger partial charge in [0.05, 0.1) is 19.4 Å². The molecule has 0 aliphatic carbocycles. The quantitative estimate of drug-likeness (QED) is 0.725. The Bertz CT molecular complexity index is 914. The first-order valence-corrected chi connectivity index (χ1v) is 8.86. The second kappa shape index (κ2) is 8.28. The number of nitriles is 1. The van der Waals surface area contributed by atoms with Gasteiger partial charge in [0.15, 0.2) is 0 Å². The van der Waals surface area contributed by atoms with Crippen molar-refractivity contribution in [2.75, 3.05) is 7.11 Å². The van der Waals surface area contributed by atoms with Crippen LogP contribution in [0.1, 0.15) is 15.2 Å². The molecule has 0 radical (unpaired) electrons. The van der Waals surface area contributed by atoms with Gasteiger partial charge in [0.2, 0.25) is 0 Å². The Kier molecular flexibility index (Phi) is 5.62. The number of hydrogen-bond donors (Lipinski definition) is 1. The van der Waals surface area contributed by atoms with Gasteiger partial charge >= 0.3 is 0 Å². The van der Waals surface area contributed by atoms with Crippen LogP contribution in [0.3, 0.4) is 0 Å². The maximum Gasteiger partial charge on any atom is 0.264 e. The highest BCUT2D eigenvalue weighted by molar-refractivity contribution is 7.16. The molecule has 3 rings (SSSR count). The van der Waals surface area contributed by atoms with E-state index in [9.17, 15) is 10.1 Å². The van der Waals surface area contributed by atoms with Crippen LogP contribution in [0.15, 0.2) is 60.8 Å². The molecular formula is C20H17N3O2S. The number of aromatic nitrogens is 1. The van der Waals surface area contributed by atoms with Gasteiger partial charge < -0.3 is 10.1 Å². The van der Waals surface area contributed by atoms with E-state index in [2.05, 4.69) is 16.4 Å². The van der Waals surface area contributed by atoms with E-state index in [1.807, 2.05) is 54.6 Å². The largest absolute Gasteiger partial charge is 0.497 e. The monoisotopic (exact) mass is 363 g/mol. The van der Waals surface area contributed by atoms with Crippen molar-refractivity contribution in [1.29, 1.82) is 5.26 Å². The van der Waals surface area contributed by atoms with Crippen LogP contribution in [-0.4, -0.2) is 24.0 Å². The minimum absolute atomic E-state index is 0.287. The van der Waals surface area contributed by atoms with E-state index in [1.54, 1.807) is 7.11 Å². The molecular weight excluding hydrogens is 346 g/mol. The Morgan fingerprint density at radius 3 is 2.62 bits per heavy atom. The second-order valence-electron chi connectivity index (χ2n) is 5.60. The summed E-state index contributed by atoms with van der Waals surface area (Å²) in [5.74, 6) is 0.478. The summed E-state index contributed by atoms with van der Waals surface area (Å²) in [5, 5.41) is 12.8. The molecule has 0 aliphatic heterocycles. The Morgan fingerprint density at radius 1 is 1.23 bits per heavy atom. The van der Waals surface area contributed by atoms with Gasteiger partial charge in [-0.05, 0) is 29.8 Å². The number of nitrogens with zero attached hydrogens (tertiary/aromatic N) is 2. The van der Waals surface area contributed by atoms with E-state index in [4.69, 9.17) is 4.74 Å². The Labute approximate surface area is 155 Å². The number of rotatable bonds is 6. The van der Waals surface area contributed by atoms with Crippen molar-refractivity contribution in [3.8, 4) is 22.4 Å². The summed E-state index contributed by atoms with van der Waals surface area (Å²) >= 11 is 1.29. The Hall–Kier alpha value is -3.17. The number of amides is 1. The highest BCUT2D eigenvalue weighted by Gasteiger charge is 2.16. The molecule has 0 aliphatic rings. The number of hydrogen-bond acceptors (Lipinski definition) is 5. The number of methoxy groups -OCH3 is 1. The summed E-state index contributed by atoms with van der Waals surface area (Å²) in [7, 11) is 1.61. The van der Waals surface area contributed by atoms with Gasteiger partial charge in [0, 0.05) is 12.0 Å². The molecule has 1 aromatic heterocycles. The van der Waals surface area contributed by atoms with E-state index in [-0.39, 0.29) is 5.91 Å². The first-order valence-electron chi connectivity index (χ1n) is 8.04. The van der Waals surface area contributed by atoms with Crippen LogP contribution >= 0.6 is 11.3 Å².